The molecule has 1 fully saturated rings. The lowest BCUT2D eigenvalue weighted by atomic mass is 9.74. The summed E-state index contributed by atoms with van der Waals surface area (Å²) in [5.41, 5.74) is 3.24. The molecule has 0 unspecified atom stereocenters. The van der Waals surface area contributed by atoms with Gasteiger partial charge < -0.3 is 5.11 Å². The van der Waals surface area contributed by atoms with Gasteiger partial charge >= 0.3 is 5.97 Å². The number of halogens is 3. The minimum Gasteiger partial charge on any atom is -0.478 e. The van der Waals surface area contributed by atoms with Gasteiger partial charge in [0, 0.05) is 23.7 Å². The molecule has 0 bridgehead atoms. The molecule has 0 spiro atoms. The first kappa shape index (κ1) is 22.0. The van der Waals surface area contributed by atoms with Gasteiger partial charge in [0.1, 0.15) is 17.3 Å². The van der Waals surface area contributed by atoms with Crippen molar-refractivity contribution in [3.63, 3.8) is 0 Å². The van der Waals surface area contributed by atoms with E-state index in [4.69, 9.17) is 5.11 Å². The maximum atomic E-state index is 15.5. The Labute approximate surface area is 191 Å². The molecule has 2 aromatic carbocycles. The second-order valence-electron chi connectivity index (χ2n) is 9.79. The lowest BCUT2D eigenvalue weighted by Gasteiger charge is -2.53. The number of carboxylic acid groups (broad SMARTS) is 1. The van der Waals surface area contributed by atoms with Gasteiger partial charge in [-0.2, -0.15) is 0 Å². The maximum Gasteiger partial charge on any atom is 0.328 e. The summed E-state index contributed by atoms with van der Waals surface area (Å²) in [6.07, 6.45) is 4.07. The van der Waals surface area contributed by atoms with Crippen LogP contribution >= 0.6 is 0 Å². The summed E-state index contributed by atoms with van der Waals surface area (Å²) in [6, 6.07) is 9.68. The zero-order chi connectivity index (χ0) is 23.5. The third-order valence-corrected chi connectivity index (χ3v) is 7.29. The Kier molecular flexibility index (Phi) is 5.24. The van der Waals surface area contributed by atoms with Gasteiger partial charge in [0.25, 0.3) is 0 Å². The lowest BCUT2D eigenvalue weighted by molar-refractivity contribution is -0.131. The van der Waals surface area contributed by atoms with Gasteiger partial charge in [-0.05, 0) is 85.6 Å². The molecule has 0 saturated heterocycles. The summed E-state index contributed by atoms with van der Waals surface area (Å²) in [5.74, 6) is -2.62. The number of carboxylic acids is 1. The Morgan fingerprint density at radius 1 is 1.18 bits per heavy atom. The van der Waals surface area contributed by atoms with Crippen LogP contribution in [0.2, 0.25) is 0 Å². The number of benzene rings is 2. The van der Waals surface area contributed by atoms with Crippen LogP contribution < -0.4 is 0 Å². The molecule has 3 aliphatic rings. The van der Waals surface area contributed by atoms with Crippen LogP contribution in [0.25, 0.3) is 11.6 Å². The molecule has 0 aromatic heterocycles. The number of fused-ring (bicyclic) bond motifs is 2. The highest BCUT2D eigenvalue weighted by Gasteiger charge is 2.50. The first-order valence-electron chi connectivity index (χ1n) is 11.3. The molecule has 3 nitrogen and oxygen atoms in total. The van der Waals surface area contributed by atoms with Gasteiger partial charge in [-0.25, -0.2) is 18.0 Å². The van der Waals surface area contributed by atoms with E-state index >= 15 is 8.78 Å². The molecule has 2 aliphatic carbocycles. The van der Waals surface area contributed by atoms with Crippen LogP contribution in [0.5, 0.6) is 0 Å². The standard InChI is InChI=1S/C27H26F3NO2/c1-15-9-20-19-6-4-3-5-17(19)12-21(20)26(31(15)18-13-27(2,30)14-18)25-22(28)10-16(11-23(25)29)7-8-24(32)33/h3-8,10-11,15,18,26H,9,12-14H2,1-2H3,(H,32,33)/b8-7+/t15-,18?,26+,27?/m0/s1. The number of aliphatic carboxylic acids is 1. The van der Waals surface area contributed by atoms with Crippen molar-refractivity contribution >= 4 is 17.6 Å². The number of alkyl halides is 1. The Balaban J connectivity index is 1.63. The lowest BCUT2D eigenvalue weighted by Crippen LogP contribution is -2.57. The summed E-state index contributed by atoms with van der Waals surface area (Å²) in [4.78, 5) is 12.9. The van der Waals surface area contributed by atoms with Crippen LogP contribution in [0.1, 0.15) is 61.4 Å². The van der Waals surface area contributed by atoms with Crippen molar-refractivity contribution in [1.29, 1.82) is 0 Å². The van der Waals surface area contributed by atoms with Gasteiger partial charge in [0.05, 0.1) is 6.04 Å². The Hall–Kier alpha value is -2.86. The summed E-state index contributed by atoms with van der Waals surface area (Å²) >= 11 is 0. The van der Waals surface area contributed by atoms with Crippen molar-refractivity contribution in [2.75, 3.05) is 0 Å². The van der Waals surface area contributed by atoms with Crippen LogP contribution in [-0.4, -0.2) is 33.7 Å². The molecule has 1 saturated carbocycles. The molecule has 172 valence electrons. The molecule has 6 heteroatoms. The average Bonchev–Trinajstić information content (AvgIpc) is 3.08. The highest BCUT2D eigenvalue weighted by atomic mass is 19.1. The molecule has 1 heterocycles. The minimum atomic E-state index is -1.26. The first-order valence-corrected chi connectivity index (χ1v) is 11.3. The van der Waals surface area contributed by atoms with Crippen LogP contribution in [-0.2, 0) is 11.2 Å². The van der Waals surface area contributed by atoms with Crippen molar-refractivity contribution in [3.8, 4) is 0 Å². The van der Waals surface area contributed by atoms with E-state index in [2.05, 4.69) is 11.0 Å². The smallest absolute Gasteiger partial charge is 0.328 e. The molecule has 2 aromatic rings. The molecule has 1 aliphatic heterocycles. The van der Waals surface area contributed by atoms with E-state index in [0.717, 1.165) is 34.8 Å². The van der Waals surface area contributed by atoms with Crippen molar-refractivity contribution in [3.05, 3.63) is 81.9 Å². The fourth-order valence-electron chi connectivity index (χ4n) is 5.95. The largest absolute Gasteiger partial charge is 0.478 e. The van der Waals surface area contributed by atoms with E-state index in [1.54, 1.807) is 6.92 Å². The van der Waals surface area contributed by atoms with Gasteiger partial charge in [-0.1, -0.05) is 24.3 Å². The molecular formula is C27H26F3NO2. The van der Waals surface area contributed by atoms with Crippen molar-refractivity contribution in [2.45, 2.75) is 63.3 Å². The maximum absolute atomic E-state index is 15.5. The molecule has 2 atom stereocenters. The minimum absolute atomic E-state index is 0.00797. The molecular weight excluding hydrogens is 427 g/mol. The number of rotatable bonds is 4. The predicted octanol–water partition coefficient (Wildman–Crippen LogP) is 6.10. The fraction of sp³-hybridized carbons (Fsp3) is 0.370. The zero-order valence-corrected chi connectivity index (χ0v) is 18.6. The predicted molar refractivity (Wildman–Crippen MR) is 121 cm³/mol. The quantitative estimate of drug-likeness (QED) is 0.569. The van der Waals surface area contributed by atoms with E-state index in [1.807, 2.05) is 25.1 Å². The first-order chi connectivity index (χ1) is 15.6. The summed E-state index contributed by atoms with van der Waals surface area (Å²) in [5, 5.41) is 8.84. The summed E-state index contributed by atoms with van der Waals surface area (Å²) in [6.45, 7) is 3.62. The van der Waals surface area contributed by atoms with Gasteiger partial charge in [0.2, 0.25) is 0 Å². The van der Waals surface area contributed by atoms with Crippen LogP contribution in [0.15, 0.2) is 48.0 Å². The van der Waals surface area contributed by atoms with Gasteiger partial charge in [-0.3, -0.25) is 4.90 Å². The Morgan fingerprint density at radius 2 is 1.85 bits per heavy atom. The van der Waals surface area contributed by atoms with E-state index < -0.39 is 29.3 Å². The van der Waals surface area contributed by atoms with Crippen LogP contribution in [0.3, 0.4) is 0 Å². The third-order valence-electron chi connectivity index (χ3n) is 7.29. The monoisotopic (exact) mass is 453 g/mol. The number of nitrogens with zero attached hydrogens (tertiary/aromatic N) is 1. The normalized spacial score (nSPS) is 29.2. The number of hydrogen-bond donors (Lipinski definition) is 1. The molecule has 5 rings (SSSR count). The van der Waals surface area contributed by atoms with Crippen LogP contribution in [0, 0.1) is 11.6 Å². The topological polar surface area (TPSA) is 40.5 Å². The Bertz CT molecular complexity index is 1170. The van der Waals surface area contributed by atoms with E-state index in [1.165, 1.54) is 18.2 Å². The SMILES string of the molecule is C[C@H]1CC2=C(Cc3ccccc32)[C@H](c2c(F)cc(/C=C/C(=O)O)cc2F)N1C1CC(C)(F)C1. The van der Waals surface area contributed by atoms with Crippen LogP contribution in [0.4, 0.5) is 13.2 Å². The third kappa shape index (κ3) is 3.80. The van der Waals surface area contributed by atoms with Crippen molar-refractivity contribution < 1.29 is 23.1 Å². The van der Waals surface area contributed by atoms with Gasteiger partial charge in [-0.15, -0.1) is 0 Å². The summed E-state index contributed by atoms with van der Waals surface area (Å²) < 4.78 is 45.5. The van der Waals surface area contributed by atoms with Crippen molar-refractivity contribution in [1.82, 2.24) is 4.90 Å². The van der Waals surface area contributed by atoms with Crippen molar-refractivity contribution in [2.24, 2.45) is 0 Å². The zero-order valence-electron chi connectivity index (χ0n) is 18.6. The molecule has 1 N–H and O–H groups in total. The van der Waals surface area contributed by atoms with E-state index in [9.17, 15) is 9.18 Å². The fourth-order valence-corrected chi connectivity index (χ4v) is 5.95. The molecule has 33 heavy (non-hydrogen) atoms. The Morgan fingerprint density at radius 3 is 2.48 bits per heavy atom. The number of carbonyl (C=O) groups is 1. The molecule has 0 amide bonds. The van der Waals surface area contributed by atoms with E-state index in [-0.39, 0.29) is 23.2 Å². The van der Waals surface area contributed by atoms with Gasteiger partial charge in [0.15, 0.2) is 0 Å². The summed E-state index contributed by atoms with van der Waals surface area (Å²) in [7, 11) is 0. The highest BCUT2D eigenvalue weighted by molar-refractivity contribution is 5.85. The van der Waals surface area contributed by atoms with E-state index in [0.29, 0.717) is 19.3 Å². The second-order valence-corrected chi connectivity index (χ2v) is 9.79. The second kappa shape index (κ2) is 7.87. The average molecular weight is 454 g/mol. The molecule has 0 radical (unpaired) electrons. The highest BCUT2D eigenvalue weighted by Crippen LogP contribution is 2.53. The number of hydrogen-bond acceptors (Lipinski definition) is 2.